The highest BCUT2D eigenvalue weighted by Crippen LogP contribution is 2.20. The van der Waals surface area contributed by atoms with Crippen LogP contribution in [0, 0.1) is 0 Å². The number of aromatic nitrogens is 1. The Morgan fingerprint density at radius 3 is 2.56 bits per heavy atom. The summed E-state index contributed by atoms with van der Waals surface area (Å²) < 4.78 is 15.5. The lowest BCUT2D eigenvalue weighted by Gasteiger charge is -2.13. The van der Waals surface area contributed by atoms with E-state index in [1.165, 1.54) is 11.3 Å². The second kappa shape index (κ2) is 9.03. The zero-order valence-corrected chi connectivity index (χ0v) is 15.1. The van der Waals surface area contributed by atoms with Gasteiger partial charge in [-0.25, -0.2) is 4.98 Å². The molecule has 7 nitrogen and oxygen atoms in total. The number of ether oxygens (including phenoxy) is 3. The first-order valence-corrected chi connectivity index (χ1v) is 8.61. The Balaban J connectivity index is 1.87. The monoisotopic (exact) mass is 364 g/mol. The van der Waals surface area contributed by atoms with Gasteiger partial charge in [0.1, 0.15) is 11.5 Å². The van der Waals surface area contributed by atoms with Crippen LogP contribution in [0.5, 0.6) is 11.5 Å². The summed E-state index contributed by atoms with van der Waals surface area (Å²) in [5, 5.41) is 4.80. The van der Waals surface area contributed by atoms with E-state index in [1.54, 1.807) is 50.6 Å². The van der Waals surface area contributed by atoms with Crippen LogP contribution in [0.3, 0.4) is 0 Å². The zero-order chi connectivity index (χ0) is 18.2. The smallest absolute Gasteiger partial charge is 0.311 e. The maximum atomic E-state index is 12.2. The highest BCUT2D eigenvalue weighted by atomic mass is 32.1. The number of nitrogens with one attached hydrogen (secondary N) is 1. The summed E-state index contributed by atoms with van der Waals surface area (Å²) in [6.07, 6.45) is -0.622. The maximum absolute atomic E-state index is 12.2. The molecule has 0 saturated heterocycles. The van der Waals surface area contributed by atoms with Crippen molar-refractivity contribution in [3.63, 3.8) is 0 Å². The number of esters is 1. The fourth-order valence-corrected chi connectivity index (χ4v) is 2.64. The van der Waals surface area contributed by atoms with E-state index in [0.29, 0.717) is 28.9 Å². The van der Waals surface area contributed by atoms with E-state index in [0.717, 1.165) is 0 Å². The van der Waals surface area contributed by atoms with Crippen molar-refractivity contribution in [1.82, 2.24) is 4.98 Å². The molecular formula is C17H20N2O5S. The number of methoxy groups -OCH3 is 1. The van der Waals surface area contributed by atoms with E-state index >= 15 is 0 Å². The lowest BCUT2D eigenvalue weighted by Crippen LogP contribution is -2.30. The maximum Gasteiger partial charge on any atom is 0.311 e. The second-order valence-corrected chi connectivity index (χ2v) is 5.91. The fraction of sp³-hybridized carbons (Fsp3) is 0.353. The highest BCUT2D eigenvalue weighted by molar-refractivity contribution is 7.13. The molecule has 1 atom stereocenters. The quantitative estimate of drug-likeness (QED) is 0.725. The van der Waals surface area contributed by atoms with Crippen LogP contribution in [0.15, 0.2) is 29.6 Å². The van der Waals surface area contributed by atoms with Gasteiger partial charge in [0.2, 0.25) is 0 Å². The molecule has 0 spiro atoms. The SMILES string of the molecule is CCOC(=O)Cc1csc(NC(=O)[C@@H](C)Oc2ccc(OC)cc2)n1. The third-order valence-electron chi connectivity index (χ3n) is 3.15. The normalized spacial score (nSPS) is 11.5. The Kier molecular flexibility index (Phi) is 6.76. The third kappa shape index (κ3) is 5.75. The lowest BCUT2D eigenvalue weighted by atomic mass is 10.3. The molecule has 1 N–H and O–H groups in total. The minimum atomic E-state index is -0.703. The molecule has 0 aliphatic carbocycles. The number of rotatable bonds is 8. The summed E-state index contributed by atoms with van der Waals surface area (Å²) in [4.78, 5) is 27.8. The fourth-order valence-electron chi connectivity index (χ4n) is 1.92. The number of carbonyl (C=O) groups is 2. The molecule has 134 valence electrons. The van der Waals surface area contributed by atoms with Crippen LogP contribution < -0.4 is 14.8 Å². The Morgan fingerprint density at radius 2 is 1.92 bits per heavy atom. The molecule has 0 aliphatic rings. The summed E-state index contributed by atoms with van der Waals surface area (Å²) in [6.45, 7) is 3.72. The second-order valence-electron chi connectivity index (χ2n) is 5.05. The number of benzene rings is 1. The van der Waals surface area contributed by atoms with Gasteiger partial charge in [-0.2, -0.15) is 0 Å². The first-order valence-electron chi connectivity index (χ1n) is 7.73. The van der Waals surface area contributed by atoms with Crippen molar-refractivity contribution in [3.8, 4) is 11.5 Å². The number of hydrogen-bond acceptors (Lipinski definition) is 7. The molecule has 0 unspecified atom stereocenters. The van der Waals surface area contributed by atoms with Crippen molar-refractivity contribution >= 4 is 28.3 Å². The summed E-state index contributed by atoms with van der Waals surface area (Å²) in [5.74, 6) is 0.599. The van der Waals surface area contributed by atoms with Gasteiger partial charge in [0, 0.05) is 5.38 Å². The van der Waals surface area contributed by atoms with Crippen molar-refractivity contribution in [2.45, 2.75) is 26.4 Å². The number of anilines is 1. The van der Waals surface area contributed by atoms with Gasteiger partial charge in [0.15, 0.2) is 11.2 Å². The van der Waals surface area contributed by atoms with Crippen LogP contribution >= 0.6 is 11.3 Å². The van der Waals surface area contributed by atoms with E-state index in [2.05, 4.69) is 10.3 Å². The molecule has 25 heavy (non-hydrogen) atoms. The van der Waals surface area contributed by atoms with Crippen LogP contribution in [0.2, 0.25) is 0 Å². The van der Waals surface area contributed by atoms with Gasteiger partial charge in [-0.05, 0) is 38.1 Å². The van der Waals surface area contributed by atoms with Gasteiger partial charge in [0.25, 0.3) is 5.91 Å². The van der Waals surface area contributed by atoms with E-state index in [1.807, 2.05) is 0 Å². The van der Waals surface area contributed by atoms with Gasteiger partial charge in [-0.3, -0.25) is 14.9 Å². The number of hydrogen-bond donors (Lipinski definition) is 1. The van der Waals surface area contributed by atoms with Crippen molar-refractivity contribution in [3.05, 3.63) is 35.3 Å². The molecule has 1 heterocycles. The number of thiazole rings is 1. The Labute approximate surface area is 149 Å². The molecule has 0 radical (unpaired) electrons. The molecule has 2 aromatic rings. The van der Waals surface area contributed by atoms with Crippen LogP contribution in [0.4, 0.5) is 5.13 Å². The minimum Gasteiger partial charge on any atom is -0.497 e. The predicted molar refractivity (Wildman–Crippen MR) is 94.2 cm³/mol. The van der Waals surface area contributed by atoms with E-state index in [9.17, 15) is 9.59 Å². The minimum absolute atomic E-state index is 0.0815. The molecule has 1 aromatic carbocycles. The zero-order valence-electron chi connectivity index (χ0n) is 14.3. The van der Waals surface area contributed by atoms with Crippen LogP contribution in [0.25, 0.3) is 0 Å². The molecular weight excluding hydrogens is 344 g/mol. The van der Waals surface area contributed by atoms with Gasteiger partial charge in [-0.15, -0.1) is 11.3 Å². The third-order valence-corrected chi connectivity index (χ3v) is 3.96. The first kappa shape index (κ1) is 18.7. The average molecular weight is 364 g/mol. The van der Waals surface area contributed by atoms with Gasteiger partial charge in [0.05, 0.1) is 25.8 Å². The van der Waals surface area contributed by atoms with E-state index < -0.39 is 6.10 Å². The van der Waals surface area contributed by atoms with Crippen molar-refractivity contribution < 1.29 is 23.8 Å². The first-order chi connectivity index (χ1) is 12.0. The van der Waals surface area contributed by atoms with Crippen LogP contribution in [0.1, 0.15) is 19.5 Å². The van der Waals surface area contributed by atoms with Gasteiger partial charge >= 0.3 is 5.97 Å². The van der Waals surface area contributed by atoms with Crippen LogP contribution in [-0.2, 0) is 20.7 Å². The molecule has 1 aromatic heterocycles. The molecule has 2 rings (SSSR count). The summed E-state index contributed by atoms with van der Waals surface area (Å²) in [7, 11) is 1.58. The Morgan fingerprint density at radius 1 is 1.24 bits per heavy atom. The molecule has 8 heteroatoms. The number of nitrogens with zero attached hydrogens (tertiary/aromatic N) is 1. The summed E-state index contributed by atoms with van der Waals surface area (Å²) in [6, 6.07) is 6.96. The van der Waals surface area contributed by atoms with E-state index in [4.69, 9.17) is 14.2 Å². The molecule has 1 amide bonds. The Hall–Kier alpha value is -2.61. The summed E-state index contributed by atoms with van der Waals surface area (Å²) >= 11 is 1.24. The number of amides is 1. The largest absolute Gasteiger partial charge is 0.497 e. The van der Waals surface area contributed by atoms with Crippen LogP contribution in [-0.4, -0.2) is 36.7 Å². The van der Waals surface area contributed by atoms with Crippen molar-refractivity contribution in [1.29, 1.82) is 0 Å². The lowest BCUT2D eigenvalue weighted by molar-refractivity contribution is -0.142. The summed E-state index contributed by atoms with van der Waals surface area (Å²) in [5.41, 5.74) is 0.558. The van der Waals surface area contributed by atoms with E-state index in [-0.39, 0.29) is 18.3 Å². The average Bonchev–Trinajstić information content (AvgIpc) is 3.02. The highest BCUT2D eigenvalue weighted by Gasteiger charge is 2.17. The molecule has 0 fully saturated rings. The molecule has 0 aliphatic heterocycles. The predicted octanol–water partition coefficient (Wildman–Crippen LogP) is 2.66. The standard InChI is InChI=1S/C17H20N2O5S/c1-4-23-15(20)9-12-10-25-17(18-12)19-16(21)11(2)24-14-7-5-13(22-3)6-8-14/h5-8,10-11H,4,9H2,1-3H3,(H,18,19,21)/t11-/m1/s1. The molecule has 0 bridgehead atoms. The van der Waals surface area contributed by atoms with Gasteiger partial charge < -0.3 is 14.2 Å². The topological polar surface area (TPSA) is 86.8 Å². The molecule has 0 saturated carbocycles. The van der Waals surface area contributed by atoms with Crippen molar-refractivity contribution in [2.75, 3.05) is 19.0 Å². The Bertz CT molecular complexity index is 714. The van der Waals surface area contributed by atoms with Gasteiger partial charge in [-0.1, -0.05) is 0 Å². The van der Waals surface area contributed by atoms with Crippen molar-refractivity contribution in [2.24, 2.45) is 0 Å². The number of carbonyl (C=O) groups excluding carboxylic acids is 2.